The van der Waals surface area contributed by atoms with Crippen LogP contribution >= 0.6 is 11.3 Å². The predicted molar refractivity (Wildman–Crippen MR) is 139 cm³/mol. The summed E-state index contributed by atoms with van der Waals surface area (Å²) >= 11 is 1.23. The first-order valence-electron chi connectivity index (χ1n) is 11.0. The molecular weight excluding hydrogens is 512 g/mol. The maximum atomic E-state index is 13.0. The number of nitrogens with one attached hydrogen (secondary N) is 1. The minimum absolute atomic E-state index is 0.0146. The van der Waals surface area contributed by atoms with E-state index in [9.17, 15) is 18.0 Å². The molecule has 0 radical (unpaired) electrons. The van der Waals surface area contributed by atoms with E-state index in [0.717, 1.165) is 14.5 Å². The third-order valence-corrected chi connectivity index (χ3v) is 8.09. The second-order valence-electron chi connectivity index (χ2n) is 7.70. The monoisotopic (exact) mass is 534 g/mol. The Bertz CT molecular complexity index is 1610. The van der Waals surface area contributed by atoms with E-state index in [1.165, 1.54) is 42.5 Å². The van der Waals surface area contributed by atoms with Gasteiger partial charge in [0.05, 0.1) is 33.8 Å². The van der Waals surface area contributed by atoms with E-state index in [-0.39, 0.29) is 48.8 Å². The van der Waals surface area contributed by atoms with Crippen molar-refractivity contribution < 1.29 is 18.0 Å². The largest absolute Gasteiger partial charge is 0.326 e. The smallest absolute Gasteiger partial charge is 0.279 e. The first-order chi connectivity index (χ1) is 17.7. The summed E-state index contributed by atoms with van der Waals surface area (Å²) in [6.07, 6.45) is 5.48. The molecule has 37 heavy (non-hydrogen) atoms. The predicted octanol–water partition coefficient (Wildman–Crippen LogP) is 2.85. The number of rotatable bonds is 9. The summed E-state index contributed by atoms with van der Waals surface area (Å²) in [6.45, 7) is 1.50. The number of fused-ring (bicyclic) bond motifs is 1. The first-order valence-corrected chi connectivity index (χ1v) is 13.2. The Hall–Kier alpha value is -4.28. The molecule has 0 unspecified atom stereocenters. The first kappa shape index (κ1) is 27.3. The fraction of sp³-hybridized carbons (Fsp3) is 0.240. The maximum Gasteiger partial charge on any atom is 0.279 e. The highest BCUT2D eigenvalue weighted by Crippen LogP contribution is 2.22. The molecule has 10 nitrogen and oxygen atoms in total. The molecule has 0 spiro atoms. The number of sulfonamides is 1. The summed E-state index contributed by atoms with van der Waals surface area (Å²) in [4.78, 5) is 28.8. The van der Waals surface area contributed by atoms with Gasteiger partial charge in [-0.3, -0.25) is 9.59 Å². The van der Waals surface area contributed by atoms with Gasteiger partial charge in [-0.25, -0.2) is 8.42 Å². The van der Waals surface area contributed by atoms with Gasteiger partial charge in [-0.2, -0.15) is 19.8 Å². The molecule has 3 aromatic rings. The lowest BCUT2D eigenvalue weighted by atomic mass is 10.2. The van der Waals surface area contributed by atoms with E-state index in [1.807, 2.05) is 12.1 Å². The van der Waals surface area contributed by atoms with Gasteiger partial charge >= 0.3 is 0 Å². The molecule has 0 atom stereocenters. The molecule has 188 valence electrons. The second kappa shape index (κ2) is 12.1. The normalized spacial score (nSPS) is 11.6. The Kier molecular flexibility index (Phi) is 8.94. The van der Waals surface area contributed by atoms with E-state index >= 15 is 0 Å². The summed E-state index contributed by atoms with van der Waals surface area (Å²) in [5, 5.41) is 20.4. The van der Waals surface area contributed by atoms with Crippen molar-refractivity contribution in [1.82, 2.24) is 8.87 Å². The summed E-state index contributed by atoms with van der Waals surface area (Å²) < 4.78 is 29.5. The number of hydrogen-bond donors (Lipinski definition) is 1. The fourth-order valence-electron chi connectivity index (χ4n) is 3.46. The van der Waals surface area contributed by atoms with E-state index < -0.39 is 15.9 Å². The Labute approximate surface area is 218 Å². The number of benzene rings is 2. The van der Waals surface area contributed by atoms with Crippen LogP contribution in [0.15, 0.2) is 52.4 Å². The standard InChI is InChI=1S/C25H22N6O4S2/c1-3-14-31-22-11-8-20(28-18(2)32)17-23(22)36-25(31)29-24(33)19-6-9-21(10-7-19)37(34,35)30(15-4-12-26)16-5-13-27/h1,6-11,17H,4-5,14-16H2,2H3,(H,28,32). The SMILES string of the molecule is C#CCn1c(=NC(=O)c2ccc(S(=O)(=O)N(CCC#N)CCC#N)cc2)sc2cc(NC(C)=O)ccc21. The van der Waals surface area contributed by atoms with Crippen molar-refractivity contribution in [2.75, 3.05) is 18.4 Å². The number of nitrogens with zero attached hydrogens (tertiary/aromatic N) is 5. The van der Waals surface area contributed by atoms with Crippen molar-refractivity contribution in [3.8, 4) is 24.5 Å². The average Bonchev–Trinajstić information content (AvgIpc) is 3.19. The molecule has 12 heteroatoms. The highest BCUT2D eigenvalue weighted by molar-refractivity contribution is 7.89. The minimum atomic E-state index is -3.96. The van der Waals surface area contributed by atoms with Crippen molar-refractivity contribution in [3.05, 3.63) is 52.8 Å². The topological polar surface area (TPSA) is 148 Å². The van der Waals surface area contributed by atoms with Crippen molar-refractivity contribution in [2.24, 2.45) is 4.99 Å². The van der Waals surface area contributed by atoms with Crippen LogP contribution < -0.4 is 10.1 Å². The van der Waals surface area contributed by atoms with Crippen LogP contribution in [0, 0.1) is 35.0 Å². The Morgan fingerprint density at radius 2 is 1.76 bits per heavy atom. The number of hydrogen-bond acceptors (Lipinski definition) is 7. The van der Waals surface area contributed by atoms with Gasteiger partial charge in [0.1, 0.15) is 0 Å². The van der Waals surface area contributed by atoms with Crippen molar-refractivity contribution in [3.63, 3.8) is 0 Å². The van der Waals surface area contributed by atoms with Crippen molar-refractivity contribution >= 4 is 49.1 Å². The van der Waals surface area contributed by atoms with Crippen LogP contribution in [0.4, 0.5) is 5.69 Å². The van der Waals surface area contributed by atoms with Gasteiger partial charge in [-0.1, -0.05) is 17.3 Å². The zero-order valence-corrected chi connectivity index (χ0v) is 21.5. The zero-order chi connectivity index (χ0) is 27.0. The van der Waals surface area contributed by atoms with Crippen LogP contribution in [0.25, 0.3) is 10.2 Å². The average molecular weight is 535 g/mol. The number of amides is 2. The van der Waals surface area contributed by atoms with Gasteiger partial charge in [0, 0.05) is 44.1 Å². The third kappa shape index (κ3) is 6.49. The number of aromatic nitrogens is 1. The summed E-state index contributed by atoms with van der Waals surface area (Å²) in [5.41, 5.74) is 1.52. The molecule has 0 aliphatic rings. The Morgan fingerprint density at radius 1 is 1.11 bits per heavy atom. The lowest BCUT2D eigenvalue weighted by Gasteiger charge is -2.20. The molecule has 0 fully saturated rings. The molecular formula is C25H22N6O4S2. The minimum Gasteiger partial charge on any atom is -0.326 e. The number of carbonyl (C=O) groups excluding carboxylic acids is 2. The number of carbonyl (C=O) groups is 2. The van der Waals surface area contributed by atoms with Crippen molar-refractivity contribution in [1.29, 1.82) is 10.5 Å². The molecule has 2 aromatic carbocycles. The lowest BCUT2D eigenvalue weighted by molar-refractivity contribution is -0.114. The third-order valence-electron chi connectivity index (χ3n) is 5.13. The van der Waals surface area contributed by atoms with Crippen LogP contribution in [-0.4, -0.2) is 42.2 Å². The van der Waals surface area contributed by atoms with E-state index in [1.54, 1.807) is 22.8 Å². The van der Waals surface area contributed by atoms with Gasteiger partial charge in [-0.15, -0.1) is 6.42 Å². The molecule has 1 heterocycles. The van der Waals surface area contributed by atoms with Gasteiger partial charge in [0.15, 0.2) is 4.80 Å². The molecule has 0 aliphatic carbocycles. The molecule has 2 amide bonds. The van der Waals surface area contributed by atoms with Gasteiger partial charge in [0.2, 0.25) is 15.9 Å². The molecule has 1 aromatic heterocycles. The van der Waals surface area contributed by atoms with Gasteiger partial charge < -0.3 is 9.88 Å². The van der Waals surface area contributed by atoms with Gasteiger partial charge in [-0.05, 0) is 42.5 Å². The highest BCUT2D eigenvalue weighted by Gasteiger charge is 2.24. The summed E-state index contributed by atoms with van der Waals surface area (Å²) in [5.74, 6) is 1.74. The summed E-state index contributed by atoms with van der Waals surface area (Å²) in [7, 11) is -3.96. The van der Waals surface area contributed by atoms with Crippen LogP contribution in [-0.2, 0) is 21.4 Å². The molecule has 0 saturated carbocycles. The fourth-order valence-corrected chi connectivity index (χ4v) is 5.96. The Morgan fingerprint density at radius 3 is 2.32 bits per heavy atom. The molecule has 0 aliphatic heterocycles. The zero-order valence-electron chi connectivity index (χ0n) is 19.8. The van der Waals surface area contributed by atoms with E-state index in [0.29, 0.717) is 10.5 Å². The number of thiazole rings is 1. The number of anilines is 1. The van der Waals surface area contributed by atoms with E-state index in [4.69, 9.17) is 16.9 Å². The molecule has 0 bridgehead atoms. The highest BCUT2D eigenvalue weighted by atomic mass is 32.2. The maximum absolute atomic E-state index is 13.0. The van der Waals surface area contributed by atoms with E-state index in [2.05, 4.69) is 16.2 Å². The van der Waals surface area contributed by atoms with Gasteiger partial charge in [0.25, 0.3) is 5.91 Å². The van der Waals surface area contributed by atoms with Crippen LogP contribution in [0.1, 0.15) is 30.1 Å². The van der Waals surface area contributed by atoms with Crippen molar-refractivity contribution in [2.45, 2.75) is 31.2 Å². The number of terminal acetylenes is 1. The molecule has 1 N–H and O–H groups in total. The molecule has 0 saturated heterocycles. The number of nitriles is 2. The van der Waals surface area contributed by atoms with Crippen LogP contribution in [0.5, 0.6) is 0 Å². The van der Waals surface area contributed by atoms with Crippen LogP contribution in [0.3, 0.4) is 0 Å². The van der Waals surface area contributed by atoms with Crippen LogP contribution in [0.2, 0.25) is 0 Å². The summed E-state index contributed by atoms with van der Waals surface area (Å²) in [6, 6.07) is 14.4. The lowest BCUT2D eigenvalue weighted by Crippen LogP contribution is -2.32. The quantitative estimate of drug-likeness (QED) is 0.417. The Balaban J connectivity index is 1.94. The second-order valence-corrected chi connectivity index (χ2v) is 10.6. The molecule has 3 rings (SSSR count).